The largest absolute Gasteiger partial charge is 0.411 e. The second-order valence-electron chi connectivity index (χ2n) is 6.18. The molecule has 0 radical (unpaired) electrons. The molecule has 142 valence electrons. The highest BCUT2D eigenvalue weighted by atomic mass is 19.4. The van der Waals surface area contributed by atoms with Gasteiger partial charge in [0.2, 0.25) is 0 Å². The van der Waals surface area contributed by atoms with Crippen molar-refractivity contribution in [1.82, 2.24) is 15.5 Å². The molecule has 1 aliphatic rings. The second kappa shape index (κ2) is 11.5. The Morgan fingerprint density at radius 3 is 2.54 bits per heavy atom. The molecule has 2 N–H and O–H groups in total. The third kappa shape index (κ3) is 9.97. The van der Waals surface area contributed by atoms with Gasteiger partial charge in [-0.1, -0.05) is 6.42 Å². The molecule has 8 heteroatoms. The van der Waals surface area contributed by atoms with Gasteiger partial charge in [-0.25, -0.2) is 0 Å². The van der Waals surface area contributed by atoms with Gasteiger partial charge in [0, 0.05) is 39.3 Å². The van der Waals surface area contributed by atoms with Gasteiger partial charge in [0.1, 0.15) is 6.61 Å². The molecule has 1 rings (SSSR count). The van der Waals surface area contributed by atoms with Gasteiger partial charge < -0.3 is 20.3 Å². The van der Waals surface area contributed by atoms with Gasteiger partial charge in [0.05, 0.1) is 0 Å². The van der Waals surface area contributed by atoms with Crippen LogP contribution in [0.1, 0.15) is 39.0 Å². The molecule has 1 heterocycles. The average molecular weight is 352 g/mol. The van der Waals surface area contributed by atoms with Crippen LogP contribution in [-0.4, -0.2) is 69.5 Å². The summed E-state index contributed by atoms with van der Waals surface area (Å²) in [6.07, 6.45) is 1.20. The van der Waals surface area contributed by atoms with E-state index in [1.165, 1.54) is 25.8 Å². The summed E-state index contributed by atoms with van der Waals surface area (Å²) in [7, 11) is 1.68. The molecule has 0 saturated carbocycles. The van der Waals surface area contributed by atoms with E-state index >= 15 is 0 Å². The van der Waals surface area contributed by atoms with Gasteiger partial charge in [-0.3, -0.25) is 4.99 Å². The van der Waals surface area contributed by atoms with E-state index in [2.05, 4.69) is 32.2 Å². The van der Waals surface area contributed by atoms with E-state index in [1.54, 1.807) is 7.05 Å². The molecule has 0 aromatic heterocycles. The molecule has 24 heavy (non-hydrogen) atoms. The zero-order valence-electron chi connectivity index (χ0n) is 14.8. The van der Waals surface area contributed by atoms with Crippen molar-refractivity contribution >= 4 is 5.96 Å². The van der Waals surface area contributed by atoms with E-state index < -0.39 is 12.8 Å². The molecule has 5 nitrogen and oxygen atoms in total. The molecule has 0 bridgehead atoms. The Hall–Kier alpha value is -1.02. The number of nitrogens with one attached hydrogen (secondary N) is 2. The van der Waals surface area contributed by atoms with E-state index in [0.717, 1.165) is 19.5 Å². The highest BCUT2D eigenvalue weighted by molar-refractivity contribution is 5.79. The van der Waals surface area contributed by atoms with E-state index in [4.69, 9.17) is 0 Å². The highest BCUT2D eigenvalue weighted by Crippen LogP contribution is 2.16. The number of rotatable bonds is 9. The Bertz CT molecular complexity index is 364. The third-order valence-electron chi connectivity index (χ3n) is 4.10. The van der Waals surface area contributed by atoms with Crippen LogP contribution < -0.4 is 10.6 Å². The molecule has 0 spiro atoms. The minimum absolute atomic E-state index is 0.0797. The minimum atomic E-state index is -4.25. The Kier molecular flexibility index (Phi) is 10.1. The number of likely N-dealkylation sites (tertiary alicyclic amines) is 1. The van der Waals surface area contributed by atoms with Crippen molar-refractivity contribution in [3.63, 3.8) is 0 Å². The van der Waals surface area contributed by atoms with Crippen molar-refractivity contribution in [2.24, 2.45) is 4.99 Å². The average Bonchev–Trinajstić information content (AvgIpc) is 2.53. The topological polar surface area (TPSA) is 48.9 Å². The first kappa shape index (κ1) is 21.0. The number of alkyl halides is 3. The van der Waals surface area contributed by atoms with Gasteiger partial charge in [0.25, 0.3) is 0 Å². The zero-order valence-corrected chi connectivity index (χ0v) is 14.8. The summed E-state index contributed by atoms with van der Waals surface area (Å²) in [6, 6.07) is 0.674. The number of halogens is 3. The summed E-state index contributed by atoms with van der Waals surface area (Å²) in [6.45, 7) is 4.80. The molecule has 1 fully saturated rings. The van der Waals surface area contributed by atoms with Crippen LogP contribution in [0.25, 0.3) is 0 Å². The second-order valence-corrected chi connectivity index (χ2v) is 6.18. The fourth-order valence-electron chi connectivity index (χ4n) is 2.77. The minimum Gasteiger partial charge on any atom is -0.372 e. The quantitative estimate of drug-likeness (QED) is 0.380. The number of nitrogens with zero attached hydrogens (tertiary/aromatic N) is 2. The maximum Gasteiger partial charge on any atom is 0.411 e. The van der Waals surface area contributed by atoms with E-state index in [-0.39, 0.29) is 6.61 Å². The summed E-state index contributed by atoms with van der Waals surface area (Å²) >= 11 is 0. The number of aliphatic imine (C=N–C) groups is 1. The standard InChI is InChI=1S/C16H31F3N4O/c1-14-7-3-4-10-23(14)11-5-8-21-15(20-2)22-9-6-12-24-13-16(17,18)19/h14H,3-13H2,1-2H3,(H2,20,21,22). The van der Waals surface area contributed by atoms with Crippen molar-refractivity contribution in [1.29, 1.82) is 0 Å². The molecule has 1 saturated heterocycles. The smallest absolute Gasteiger partial charge is 0.372 e. The predicted molar refractivity (Wildman–Crippen MR) is 90.4 cm³/mol. The fraction of sp³-hybridized carbons (Fsp3) is 0.938. The summed E-state index contributed by atoms with van der Waals surface area (Å²) in [5.74, 6) is 0.678. The molecule has 0 amide bonds. The molecule has 0 aliphatic carbocycles. The Balaban J connectivity index is 2.02. The fourth-order valence-corrected chi connectivity index (χ4v) is 2.77. The number of hydrogen-bond donors (Lipinski definition) is 2. The number of hydrogen-bond acceptors (Lipinski definition) is 3. The van der Waals surface area contributed by atoms with Gasteiger partial charge >= 0.3 is 6.18 Å². The molecule has 1 unspecified atom stereocenters. The third-order valence-corrected chi connectivity index (χ3v) is 4.10. The molecular weight excluding hydrogens is 321 g/mol. The SMILES string of the molecule is CN=C(NCCCOCC(F)(F)F)NCCCN1CCCCC1C. The van der Waals surface area contributed by atoms with E-state index in [1.807, 2.05) is 0 Å². The Morgan fingerprint density at radius 2 is 1.92 bits per heavy atom. The summed E-state index contributed by atoms with van der Waals surface area (Å²) < 4.78 is 40.3. The van der Waals surface area contributed by atoms with Crippen LogP contribution in [0.3, 0.4) is 0 Å². The first-order chi connectivity index (χ1) is 11.4. The Labute approximate surface area is 143 Å². The number of piperidine rings is 1. The van der Waals surface area contributed by atoms with Crippen molar-refractivity contribution in [3.8, 4) is 0 Å². The van der Waals surface area contributed by atoms with Crippen LogP contribution in [0.2, 0.25) is 0 Å². The van der Waals surface area contributed by atoms with Crippen LogP contribution >= 0.6 is 0 Å². The van der Waals surface area contributed by atoms with Gasteiger partial charge in [-0.2, -0.15) is 13.2 Å². The van der Waals surface area contributed by atoms with Crippen molar-refractivity contribution in [2.45, 2.75) is 51.2 Å². The monoisotopic (exact) mass is 352 g/mol. The lowest BCUT2D eigenvalue weighted by molar-refractivity contribution is -0.173. The van der Waals surface area contributed by atoms with Crippen LogP contribution in [0, 0.1) is 0 Å². The van der Waals surface area contributed by atoms with E-state index in [9.17, 15) is 13.2 Å². The normalized spacial score (nSPS) is 20.2. The molecule has 0 aromatic rings. The van der Waals surface area contributed by atoms with E-state index in [0.29, 0.717) is 25.0 Å². The lowest BCUT2D eigenvalue weighted by Crippen LogP contribution is -2.41. The molecule has 1 aliphatic heterocycles. The van der Waals surface area contributed by atoms with Crippen LogP contribution in [0.15, 0.2) is 4.99 Å². The summed E-state index contributed by atoms with van der Waals surface area (Å²) in [4.78, 5) is 6.63. The zero-order chi connectivity index (χ0) is 17.8. The van der Waals surface area contributed by atoms with Crippen molar-refractivity contribution in [3.05, 3.63) is 0 Å². The predicted octanol–water partition coefficient (Wildman–Crippen LogP) is 2.38. The summed E-state index contributed by atoms with van der Waals surface area (Å²) in [5.41, 5.74) is 0. The van der Waals surface area contributed by atoms with Gasteiger partial charge in [-0.15, -0.1) is 0 Å². The summed E-state index contributed by atoms with van der Waals surface area (Å²) in [5, 5.41) is 6.31. The lowest BCUT2D eigenvalue weighted by Gasteiger charge is -2.33. The number of guanidine groups is 1. The first-order valence-corrected chi connectivity index (χ1v) is 8.75. The van der Waals surface area contributed by atoms with Gasteiger partial charge in [0.15, 0.2) is 5.96 Å². The van der Waals surface area contributed by atoms with Crippen molar-refractivity contribution < 1.29 is 17.9 Å². The van der Waals surface area contributed by atoms with Crippen LogP contribution in [-0.2, 0) is 4.74 Å². The first-order valence-electron chi connectivity index (χ1n) is 8.75. The van der Waals surface area contributed by atoms with Crippen LogP contribution in [0.4, 0.5) is 13.2 Å². The molecule has 0 aromatic carbocycles. The van der Waals surface area contributed by atoms with Crippen LogP contribution in [0.5, 0.6) is 0 Å². The maximum atomic E-state index is 11.9. The van der Waals surface area contributed by atoms with Gasteiger partial charge in [-0.05, 0) is 39.2 Å². The molecular formula is C16H31F3N4O. The molecule has 1 atom stereocenters. The van der Waals surface area contributed by atoms with Crippen molar-refractivity contribution in [2.75, 3.05) is 46.4 Å². The maximum absolute atomic E-state index is 11.9. The Morgan fingerprint density at radius 1 is 1.21 bits per heavy atom. The number of ether oxygens (including phenoxy) is 1. The lowest BCUT2D eigenvalue weighted by atomic mass is 10.0. The highest BCUT2D eigenvalue weighted by Gasteiger charge is 2.27.